The molecule has 0 atom stereocenters. The second-order valence-corrected chi connectivity index (χ2v) is 9.86. The summed E-state index contributed by atoms with van der Waals surface area (Å²) >= 11 is 0. The number of hydroxylamine groups is 1. The van der Waals surface area contributed by atoms with Gasteiger partial charge in [0.15, 0.2) is 14.6 Å². The zero-order valence-corrected chi connectivity index (χ0v) is 18.6. The molecule has 1 saturated heterocycles. The van der Waals surface area contributed by atoms with Crippen LogP contribution in [0.1, 0.15) is 12.8 Å². The molecule has 0 bridgehead atoms. The molecule has 2 aromatic rings. The van der Waals surface area contributed by atoms with Crippen LogP contribution in [0.3, 0.4) is 0 Å². The van der Waals surface area contributed by atoms with Gasteiger partial charge in [-0.15, -0.1) is 13.2 Å². The van der Waals surface area contributed by atoms with E-state index in [2.05, 4.69) is 4.74 Å². The van der Waals surface area contributed by atoms with Gasteiger partial charge in [0, 0.05) is 19.6 Å². The normalized spacial score (nSPS) is 16.6. The van der Waals surface area contributed by atoms with E-state index in [9.17, 15) is 31.6 Å². The maximum atomic E-state index is 13.4. The van der Waals surface area contributed by atoms with Crippen LogP contribution in [0.2, 0.25) is 0 Å². The molecule has 1 aliphatic rings. The predicted molar refractivity (Wildman–Crippen MR) is 112 cm³/mol. The van der Waals surface area contributed by atoms with Gasteiger partial charge in [0.05, 0.1) is 11.5 Å². The number of aliphatic hydroxyl groups is 1. The Morgan fingerprint density at radius 3 is 1.97 bits per heavy atom. The van der Waals surface area contributed by atoms with Crippen LogP contribution >= 0.6 is 0 Å². The van der Waals surface area contributed by atoms with E-state index in [4.69, 9.17) is 9.84 Å². The summed E-state index contributed by atoms with van der Waals surface area (Å²) in [6.45, 7) is 0.711. The first-order chi connectivity index (χ1) is 16.0. The van der Waals surface area contributed by atoms with Crippen LogP contribution in [0.25, 0.3) is 0 Å². The van der Waals surface area contributed by atoms with Gasteiger partial charge < -0.3 is 19.5 Å². The number of hydrogen-bond acceptors (Lipinski definition) is 8. The number of halogens is 3. The number of benzene rings is 2. The zero-order valence-electron chi connectivity index (χ0n) is 17.8. The third-order valence-electron chi connectivity index (χ3n) is 5.54. The number of alkyl halides is 3. The summed E-state index contributed by atoms with van der Waals surface area (Å²) in [6.07, 6.45) is -4.97. The van der Waals surface area contributed by atoms with Crippen LogP contribution in [0, 0.1) is 0 Å². The number of nitrogens with zero attached hydrogens (tertiary/aromatic N) is 1. The highest BCUT2D eigenvalue weighted by Crippen LogP contribution is 2.37. The fraction of sp³-hybridized carbons (Fsp3) is 0.381. The molecular formula is C21H23F3N2O7S. The standard InChI is InChI=1S/C21H23F3N2O7S/c22-21(23,24)33-17-3-1-15(2-4-17)32-16-5-7-18(8-6-16)34(30,31)20(19(28)25-29)9-11-26(12-10-20)13-14-27/h1-8,27,29H,9-14H2,(H,25,28). The maximum absolute atomic E-state index is 13.4. The Kier molecular flexibility index (Phi) is 7.70. The van der Waals surface area contributed by atoms with Crippen LogP contribution in [0.15, 0.2) is 53.4 Å². The molecule has 0 radical (unpaired) electrons. The van der Waals surface area contributed by atoms with Crippen LogP contribution in [-0.4, -0.2) is 66.9 Å². The number of nitrogens with one attached hydrogen (secondary N) is 1. The van der Waals surface area contributed by atoms with Crippen LogP contribution < -0.4 is 15.0 Å². The minimum Gasteiger partial charge on any atom is -0.457 e. The largest absolute Gasteiger partial charge is 0.573 e. The summed E-state index contributed by atoms with van der Waals surface area (Å²) in [6, 6.07) is 9.84. The Morgan fingerprint density at radius 2 is 1.50 bits per heavy atom. The maximum Gasteiger partial charge on any atom is 0.573 e. The number of β-amino-alcohol motifs (C(OH)–C–C–N with tert-alkyl or cyclic N) is 1. The van der Waals surface area contributed by atoms with Crippen molar-refractivity contribution < 1.29 is 46.2 Å². The predicted octanol–water partition coefficient (Wildman–Crippen LogP) is 2.48. The third-order valence-corrected chi connectivity index (χ3v) is 8.05. The molecule has 0 saturated carbocycles. The van der Waals surface area contributed by atoms with Crippen molar-refractivity contribution in [3.8, 4) is 17.2 Å². The number of hydrogen-bond donors (Lipinski definition) is 3. The molecule has 1 fully saturated rings. The van der Waals surface area contributed by atoms with Gasteiger partial charge in [-0.3, -0.25) is 10.0 Å². The fourth-order valence-electron chi connectivity index (χ4n) is 3.76. The molecule has 0 aliphatic carbocycles. The van der Waals surface area contributed by atoms with Crippen molar-refractivity contribution in [2.24, 2.45) is 0 Å². The van der Waals surface area contributed by atoms with Crippen molar-refractivity contribution in [2.45, 2.75) is 28.8 Å². The minimum absolute atomic E-state index is 0.0771. The Labute approximate surface area is 193 Å². The summed E-state index contributed by atoms with van der Waals surface area (Å²) in [5.41, 5.74) is 1.47. The van der Waals surface area contributed by atoms with E-state index in [1.807, 2.05) is 4.90 Å². The zero-order chi connectivity index (χ0) is 25.0. The molecule has 34 heavy (non-hydrogen) atoms. The molecule has 0 aromatic heterocycles. The molecule has 13 heteroatoms. The Hall–Kier alpha value is -2.87. The van der Waals surface area contributed by atoms with Crippen molar-refractivity contribution >= 4 is 15.7 Å². The number of rotatable bonds is 8. The Bertz CT molecular complexity index is 1080. The van der Waals surface area contributed by atoms with Crippen molar-refractivity contribution in [1.82, 2.24) is 10.4 Å². The van der Waals surface area contributed by atoms with Gasteiger partial charge in [0.1, 0.15) is 17.2 Å². The van der Waals surface area contributed by atoms with Crippen LogP contribution in [0.5, 0.6) is 17.2 Å². The highest BCUT2D eigenvalue weighted by atomic mass is 32.2. The van der Waals surface area contributed by atoms with E-state index >= 15 is 0 Å². The molecule has 0 unspecified atom stereocenters. The van der Waals surface area contributed by atoms with Gasteiger partial charge in [-0.2, -0.15) is 0 Å². The van der Waals surface area contributed by atoms with Gasteiger partial charge in [-0.1, -0.05) is 0 Å². The van der Waals surface area contributed by atoms with E-state index in [0.29, 0.717) is 6.54 Å². The van der Waals surface area contributed by atoms with Gasteiger partial charge in [0.2, 0.25) is 0 Å². The van der Waals surface area contributed by atoms with Crippen molar-refractivity contribution in [3.63, 3.8) is 0 Å². The number of aliphatic hydroxyl groups excluding tert-OH is 1. The van der Waals surface area contributed by atoms with Crippen molar-refractivity contribution in [2.75, 3.05) is 26.2 Å². The second kappa shape index (κ2) is 10.2. The molecule has 186 valence electrons. The van der Waals surface area contributed by atoms with Crippen molar-refractivity contribution in [1.29, 1.82) is 0 Å². The number of piperidine rings is 1. The molecule has 1 aliphatic heterocycles. The summed E-state index contributed by atoms with van der Waals surface area (Å²) in [7, 11) is -4.23. The average Bonchev–Trinajstić information content (AvgIpc) is 2.80. The molecular weight excluding hydrogens is 481 g/mol. The van der Waals surface area contributed by atoms with E-state index in [1.54, 1.807) is 0 Å². The molecule has 2 aromatic carbocycles. The third kappa shape index (κ3) is 5.60. The molecule has 1 heterocycles. The van der Waals surface area contributed by atoms with E-state index in [0.717, 1.165) is 12.1 Å². The quantitative estimate of drug-likeness (QED) is 0.370. The number of sulfone groups is 1. The summed E-state index contributed by atoms with van der Waals surface area (Å²) < 4.78 is 71.0. The topological polar surface area (TPSA) is 125 Å². The first-order valence-electron chi connectivity index (χ1n) is 10.2. The lowest BCUT2D eigenvalue weighted by Crippen LogP contribution is -2.57. The first-order valence-corrected chi connectivity index (χ1v) is 11.7. The molecule has 3 rings (SSSR count). The highest BCUT2D eigenvalue weighted by Gasteiger charge is 2.52. The molecule has 3 N–H and O–H groups in total. The summed E-state index contributed by atoms with van der Waals surface area (Å²) in [5, 5.41) is 18.3. The fourth-order valence-corrected chi connectivity index (χ4v) is 5.71. The summed E-state index contributed by atoms with van der Waals surface area (Å²) in [5.74, 6) is -1.05. The lowest BCUT2D eigenvalue weighted by Gasteiger charge is -2.39. The smallest absolute Gasteiger partial charge is 0.457 e. The van der Waals surface area contributed by atoms with Gasteiger partial charge in [-0.25, -0.2) is 13.9 Å². The number of likely N-dealkylation sites (tertiary alicyclic amines) is 1. The number of ether oxygens (including phenoxy) is 2. The Morgan fingerprint density at radius 1 is 1.00 bits per heavy atom. The van der Waals surface area contributed by atoms with Crippen molar-refractivity contribution in [3.05, 3.63) is 48.5 Å². The number of amides is 1. The molecule has 0 spiro atoms. The lowest BCUT2D eigenvalue weighted by atomic mass is 9.95. The van der Waals surface area contributed by atoms with Gasteiger partial charge >= 0.3 is 6.36 Å². The van der Waals surface area contributed by atoms with Gasteiger partial charge in [0.25, 0.3) is 5.91 Å². The SMILES string of the molecule is O=C(NO)C1(S(=O)(=O)c2ccc(Oc3ccc(OC(F)(F)F)cc3)cc2)CCN(CCO)CC1. The number of carbonyl (C=O) groups is 1. The minimum atomic E-state index is -4.82. The average molecular weight is 504 g/mol. The van der Waals surface area contributed by atoms with Gasteiger partial charge in [-0.05, 0) is 61.4 Å². The number of carbonyl (C=O) groups excluding carboxylic acids is 1. The monoisotopic (exact) mass is 504 g/mol. The highest BCUT2D eigenvalue weighted by molar-refractivity contribution is 7.93. The Balaban J connectivity index is 1.77. The first kappa shape index (κ1) is 25.7. The summed E-state index contributed by atoms with van der Waals surface area (Å²) in [4.78, 5) is 14.1. The second-order valence-electron chi connectivity index (χ2n) is 7.60. The van der Waals surface area contributed by atoms with E-state index < -0.39 is 32.6 Å². The van der Waals surface area contributed by atoms with E-state index in [1.165, 1.54) is 41.9 Å². The molecule has 9 nitrogen and oxygen atoms in total. The van der Waals surface area contributed by atoms with Crippen LogP contribution in [0.4, 0.5) is 13.2 Å². The van der Waals surface area contributed by atoms with Crippen LogP contribution in [-0.2, 0) is 14.6 Å². The molecule has 1 amide bonds. The van der Waals surface area contributed by atoms with E-state index in [-0.39, 0.29) is 48.9 Å². The lowest BCUT2D eigenvalue weighted by molar-refractivity contribution is -0.274.